The van der Waals surface area contributed by atoms with Gasteiger partial charge in [0.1, 0.15) is 0 Å². The van der Waals surface area contributed by atoms with Gasteiger partial charge in [-0.05, 0) is 49.4 Å². The van der Waals surface area contributed by atoms with Gasteiger partial charge in [-0.15, -0.1) is 11.6 Å². The van der Waals surface area contributed by atoms with Crippen molar-refractivity contribution >= 4 is 33.4 Å². The first kappa shape index (κ1) is 13.9. The van der Waals surface area contributed by atoms with E-state index in [0.717, 1.165) is 35.0 Å². The second kappa shape index (κ2) is 5.62. The summed E-state index contributed by atoms with van der Waals surface area (Å²) in [6, 6.07) is 5.71. The maximum atomic E-state index is 12.2. The molecule has 0 heterocycles. The van der Waals surface area contributed by atoms with E-state index in [0.29, 0.717) is 11.3 Å². The Balaban J connectivity index is 1.99. The molecule has 0 atom stereocenters. The molecule has 18 heavy (non-hydrogen) atoms. The maximum absolute atomic E-state index is 12.2. The molecule has 1 aromatic rings. The second-order valence-corrected chi connectivity index (χ2v) is 6.56. The number of rotatable bonds is 3. The summed E-state index contributed by atoms with van der Waals surface area (Å²) >= 11 is 9.40. The molecular formula is C14H17BrClNO. The normalized spacial score (nSPS) is 22.4. The Kier molecular flexibility index (Phi) is 4.33. The van der Waals surface area contributed by atoms with Crippen LogP contribution in [0.3, 0.4) is 0 Å². The Bertz CT molecular complexity index is 457. The minimum atomic E-state index is 0.0867. The quantitative estimate of drug-likeness (QED) is 0.771. The van der Waals surface area contributed by atoms with Crippen molar-refractivity contribution in [2.75, 3.05) is 13.6 Å². The standard InChI is InChI=1S/C14H17BrClNO/c1-9-5-11(3-4-13(9)15)14(18)17(2)8-10-6-12(16)7-10/h3-5,10,12H,6-8H2,1-2H3. The van der Waals surface area contributed by atoms with E-state index in [1.807, 2.05) is 32.2 Å². The van der Waals surface area contributed by atoms with E-state index in [-0.39, 0.29) is 5.91 Å². The van der Waals surface area contributed by atoms with Crippen LogP contribution < -0.4 is 0 Å². The highest BCUT2D eigenvalue weighted by Gasteiger charge is 2.29. The number of hydrogen-bond acceptors (Lipinski definition) is 1. The summed E-state index contributed by atoms with van der Waals surface area (Å²) in [5.74, 6) is 0.654. The highest BCUT2D eigenvalue weighted by atomic mass is 79.9. The minimum Gasteiger partial charge on any atom is -0.341 e. The maximum Gasteiger partial charge on any atom is 0.253 e. The lowest BCUT2D eigenvalue weighted by Gasteiger charge is -2.34. The molecule has 2 nitrogen and oxygen atoms in total. The molecule has 0 aliphatic heterocycles. The summed E-state index contributed by atoms with van der Waals surface area (Å²) in [7, 11) is 1.86. The average molecular weight is 331 g/mol. The number of amides is 1. The summed E-state index contributed by atoms with van der Waals surface area (Å²) in [6.07, 6.45) is 2.05. The third-order valence-corrected chi connectivity index (χ3v) is 4.71. The number of alkyl halides is 1. The summed E-state index contributed by atoms with van der Waals surface area (Å²) in [5.41, 5.74) is 1.83. The fourth-order valence-corrected chi connectivity index (χ4v) is 3.02. The Morgan fingerprint density at radius 3 is 2.72 bits per heavy atom. The van der Waals surface area contributed by atoms with E-state index in [1.165, 1.54) is 0 Å². The number of carbonyl (C=O) groups excluding carboxylic acids is 1. The van der Waals surface area contributed by atoms with Crippen LogP contribution in [0.2, 0.25) is 0 Å². The topological polar surface area (TPSA) is 20.3 Å². The van der Waals surface area contributed by atoms with E-state index in [9.17, 15) is 4.79 Å². The van der Waals surface area contributed by atoms with Gasteiger partial charge in [0.25, 0.3) is 5.91 Å². The van der Waals surface area contributed by atoms with Crippen molar-refractivity contribution in [3.63, 3.8) is 0 Å². The molecule has 0 spiro atoms. The predicted molar refractivity (Wildman–Crippen MR) is 78.2 cm³/mol. The number of hydrogen-bond donors (Lipinski definition) is 0. The van der Waals surface area contributed by atoms with Gasteiger partial charge >= 0.3 is 0 Å². The lowest BCUT2D eigenvalue weighted by molar-refractivity contribution is 0.0747. The monoisotopic (exact) mass is 329 g/mol. The third kappa shape index (κ3) is 3.07. The van der Waals surface area contributed by atoms with Gasteiger partial charge in [0.2, 0.25) is 0 Å². The molecule has 0 N–H and O–H groups in total. The van der Waals surface area contributed by atoms with Crippen molar-refractivity contribution < 1.29 is 4.79 Å². The Labute approximate surface area is 121 Å². The van der Waals surface area contributed by atoms with Crippen LogP contribution in [-0.4, -0.2) is 29.8 Å². The Morgan fingerprint density at radius 1 is 1.50 bits per heavy atom. The van der Waals surface area contributed by atoms with Crippen molar-refractivity contribution in [1.82, 2.24) is 4.90 Å². The molecule has 1 saturated carbocycles. The molecule has 98 valence electrons. The highest BCUT2D eigenvalue weighted by Crippen LogP contribution is 2.32. The predicted octanol–water partition coefficient (Wildman–Crippen LogP) is 3.85. The lowest BCUT2D eigenvalue weighted by atomic mass is 9.84. The van der Waals surface area contributed by atoms with Gasteiger partial charge in [0.15, 0.2) is 0 Å². The van der Waals surface area contributed by atoms with Crippen LogP contribution in [0.4, 0.5) is 0 Å². The van der Waals surface area contributed by atoms with Crippen molar-refractivity contribution in [3.8, 4) is 0 Å². The van der Waals surface area contributed by atoms with Crippen LogP contribution in [0.5, 0.6) is 0 Å². The van der Waals surface area contributed by atoms with E-state index in [4.69, 9.17) is 11.6 Å². The van der Waals surface area contributed by atoms with Gasteiger partial charge in [-0.3, -0.25) is 4.79 Å². The van der Waals surface area contributed by atoms with Crippen molar-refractivity contribution in [2.45, 2.75) is 25.1 Å². The number of nitrogens with zero attached hydrogens (tertiary/aromatic N) is 1. The summed E-state index contributed by atoms with van der Waals surface area (Å²) in [4.78, 5) is 14.0. The molecule has 1 aromatic carbocycles. The molecule has 0 saturated heterocycles. The van der Waals surface area contributed by atoms with Crippen LogP contribution >= 0.6 is 27.5 Å². The van der Waals surface area contributed by atoms with Gasteiger partial charge in [-0.1, -0.05) is 15.9 Å². The fraction of sp³-hybridized carbons (Fsp3) is 0.500. The van der Waals surface area contributed by atoms with Crippen LogP contribution in [0.15, 0.2) is 22.7 Å². The van der Waals surface area contributed by atoms with E-state index < -0.39 is 0 Å². The van der Waals surface area contributed by atoms with Crippen LogP contribution in [0, 0.1) is 12.8 Å². The molecule has 1 amide bonds. The van der Waals surface area contributed by atoms with Gasteiger partial charge in [0.05, 0.1) is 0 Å². The first-order chi connectivity index (χ1) is 8.47. The number of benzene rings is 1. The summed E-state index contributed by atoms with van der Waals surface area (Å²) < 4.78 is 1.03. The van der Waals surface area contributed by atoms with Crippen LogP contribution in [0.1, 0.15) is 28.8 Å². The van der Waals surface area contributed by atoms with Crippen molar-refractivity contribution in [1.29, 1.82) is 0 Å². The Morgan fingerprint density at radius 2 is 2.17 bits per heavy atom. The fourth-order valence-electron chi connectivity index (χ4n) is 2.27. The molecule has 1 fully saturated rings. The van der Waals surface area contributed by atoms with E-state index in [1.54, 1.807) is 4.90 Å². The van der Waals surface area contributed by atoms with Crippen molar-refractivity contribution in [2.24, 2.45) is 5.92 Å². The molecule has 0 bridgehead atoms. The zero-order valence-electron chi connectivity index (χ0n) is 10.6. The number of carbonyl (C=O) groups is 1. The molecule has 1 aliphatic carbocycles. The van der Waals surface area contributed by atoms with Crippen LogP contribution in [0.25, 0.3) is 0 Å². The van der Waals surface area contributed by atoms with Gasteiger partial charge in [-0.2, -0.15) is 0 Å². The summed E-state index contributed by atoms with van der Waals surface area (Å²) in [6.45, 7) is 2.79. The molecule has 4 heteroatoms. The Hall–Kier alpha value is -0.540. The zero-order chi connectivity index (χ0) is 13.3. The highest BCUT2D eigenvalue weighted by molar-refractivity contribution is 9.10. The smallest absolute Gasteiger partial charge is 0.253 e. The van der Waals surface area contributed by atoms with Crippen LogP contribution in [-0.2, 0) is 0 Å². The average Bonchev–Trinajstić information content (AvgIpc) is 2.29. The third-order valence-electron chi connectivity index (χ3n) is 3.46. The first-order valence-electron chi connectivity index (χ1n) is 6.13. The van der Waals surface area contributed by atoms with Gasteiger partial charge < -0.3 is 4.90 Å². The molecule has 0 unspecified atom stereocenters. The van der Waals surface area contributed by atoms with E-state index in [2.05, 4.69) is 15.9 Å². The largest absolute Gasteiger partial charge is 0.341 e. The molecular weight excluding hydrogens is 314 g/mol. The summed E-state index contributed by atoms with van der Waals surface area (Å²) in [5, 5.41) is 0.313. The molecule has 1 aliphatic rings. The second-order valence-electron chi connectivity index (χ2n) is 5.08. The molecule has 0 radical (unpaired) electrons. The number of aryl methyl sites for hydroxylation is 1. The SMILES string of the molecule is Cc1cc(C(=O)N(C)CC2CC(Cl)C2)ccc1Br. The minimum absolute atomic E-state index is 0.0867. The first-order valence-corrected chi connectivity index (χ1v) is 7.36. The number of halogens is 2. The van der Waals surface area contributed by atoms with Gasteiger partial charge in [-0.25, -0.2) is 0 Å². The zero-order valence-corrected chi connectivity index (χ0v) is 13.0. The van der Waals surface area contributed by atoms with E-state index >= 15 is 0 Å². The lowest BCUT2D eigenvalue weighted by Crippen LogP contribution is -2.37. The van der Waals surface area contributed by atoms with Crippen molar-refractivity contribution in [3.05, 3.63) is 33.8 Å². The molecule has 2 rings (SSSR count). The van der Waals surface area contributed by atoms with Gasteiger partial charge in [0, 0.05) is 29.0 Å². The molecule has 0 aromatic heterocycles.